The molecule has 18 heavy (non-hydrogen) atoms. The molecule has 2 aliphatic rings. The van der Waals surface area contributed by atoms with Crippen molar-refractivity contribution in [1.82, 2.24) is 4.98 Å². The minimum absolute atomic E-state index is 0.0893. The molecule has 0 bridgehead atoms. The molecule has 0 amide bonds. The normalized spacial score (nSPS) is 27.1. The number of ketones is 1. The van der Waals surface area contributed by atoms with Crippen molar-refractivity contribution in [2.75, 3.05) is 11.4 Å². The van der Waals surface area contributed by atoms with Gasteiger partial charge in [-0.05, 0) is 50.7 Å². The van der Waals surface area contributed by atoms with Gasteiger partial charge in [-0.3, -0.25) is 4.79 Å². The highest BCUT2D eigenvalue weighted by Gasteiger charge is 2.35. The van der Waals surface area contributed by atoms with Gasteiger partial charge >= 0.3 is 0 Å². The Labute approximate surface area is 108 Å². The summed E-state index contributed by atoms with van der Waals surface area (Å²) in [5.41, 5.74) is 0.707. The Morgan fingerprint density at radius 2 is 2.11 bits per heavy atom. The van der Waals surface area contributed by atoms with Crippen molar-refractivity contribution >= 4 is 11.6 Å². The lowest BCUT2D eigenvalue weighted by Crippen LogP contribution is -2.43. The van der Waals surface area contributed by atoms with E-state index in [1.54, 1.807) is 13.1 Å². The van der Waals surface area contributed by atoms with E-state index in [9.17, 15) is 4.79 Å². The van der Waals surface area contributed by atoms with E-state index in [1.807, 2.05) is 12.1 Å². The van der Waals surface area contributed by atoms with Crippen molar-refractivity contribution in [3.63, 3.8) is 0 Å². The monoisotopic (exact) mass is 244 g/mol. The van der Waals surface area contributed by atoms with Crippen molar-refractivity contribution in [2.45, 2.75) is 45.1 Å². The van der Waals surface area contributed by atoms with E-state index in [0.29, 0.717) is 11.6 Å². The van der Waals surface area contributed by atoms with E-state index in [2.05, 4.69) is 9.88 Å². The summed E-state index contributed by atoms with van der Waals surface area (Å²) in [5, 5.41) is 0. The second kappa shape index (κ2) is 4.71. The maximum atomic E-state index is 11.3. The molecule has 1 aromatic heterocycles. The van der Waals surface area contributed by atoms with Gasteiger partial charge in [0.15, 0.2) is 5.78 Å². The van der Waals surface area contributed by atoms with Crippen LogP contribution < -0.4 is 4.90 Å². The number of carbonyl (C=O) groups is 1. The lowest BCUT2D eigenvalue weighted by Gasteiger charge is -2.38. The summed E-state index contributed by atoms with van der Waals surface area (Å²) in [6.07, 6.45) is 8.42. The molecule has 0 N–H and O–H groups in total. The number of anilines is 1. The highest BCUT2D eigenvalue weighted by Crippen LogP contribution is 2.38. The first kappa shape index (κ1) is 11.7. The first-order valence-electron chi connectivity index (χ1n) is 6.99. The molecule has 0 spiro atoms. The van der Waals surface area contributed by atoms with Gasteiger partial charge in [0.25, 0.3) is 0 Å². The zero-order valence-electron chi connectivity index (χ0n) is 10.9. The molecular formula is C15H20N2O. The highest BCUT2D eigenvalue weighted by atomic mass is 16.1. The maximum absolute atomic E-state index is 11.3. The Hall–Kier alpha value is -1.38. The van der Waals surface area contributed by atoms with Gasteiger partial charge in [-0.2, -0.15) is 0 Å². The van der Waals surface area contributed by atoms with Crippen molar-refractivity contribution in [3.8, 4) is 0 Å². The molecule has 2 fully saturated rings. The number of hydrogen-bond donors (Lipinski definition) is 0. The molecule has 2 atom stereocenters. The molecule has 1 aliphatic heterocycles. The predicted molar refractivity (Wildman–Crippen MR) is 72.0 cm³/mol. The summed E-state index contributed by atoms with van der Waals surface area (Å²) < 4.78 is 0. The van der Waals surface area contributed by atoms with E-state index in [4.69, 9.17) is 0 Å². The Morgan fingerprint density at radius 3 is 2.83 bits per heavy atom. The second-order valence-corrected chi connectivity index (χ2v) is 5.56. The quantitative estimate of drug-likeness (QED) is 0.750. The number of aromatic nitrogens is 1. The summed E-state index contributed by atoms with van der Waals surface area (Å²) in [6.45, 7) is 2.71. The summed E-state index contributed by atoms with van der Waals surface area (Å²) in [4.78, 5) is 18.2. The lowest BCUT2D eigenvalue weighted by molar-refractivity contribution is 0.101. The van der Waals surface area contributed by atoms with Gasteiger partial charge in [-0.1, -0.05) is 6.42 Å². The second-order valence-electron chi connectivity index (χ2n) is 5.56. The highest BCUT2D eigenvalue weighted by molar-refractivity contribution is 5.93. The first-order chi connectivity index (χ1) is 8.75. The third-order valence-corrected chi connectivity index (χ3v) is 4.44. The van der Waals surface area contributed by atoms with Crippen LogP contribution >= 0.6 is 0 Å². The topological polar surface area (TPSA) is 33.2 Å². The molecule has 0 aromatic carbocycles. The van der Waals surface area contributed by atoms with Crippen LogP contribution in [0.2, 0.25) is 0 Å². The SMILES string of the molecule is CC(=O)c1ccc(N2CCCC3CCCC32)nc1. The third-order valence-electron chi connectivity index (χ3n) is 4.44. The molecule has 1 aromatic rings. The Bertz CT molecular complexity index is 440. The predicted octanol–water partition coefficient (Wildman–Crippen LogP) is 3.05. The Kier molecular flexibility index (Phi) is 3.06. The number of fused-ring (bicyclic) bond motifs is 1. The molecule has 1 aliphatic carbocycles. The zero-order chi connectivity index (χ0) is 12.5. The molecule has 3 heteroatoms. The van der Waals surface area contributed by atoms with Crippen molar-refractivity contribution in [2.24, 2.45) is 5.92 Å². The molecule has 0 radical (unpaired) electrons. The molecular weight excluding hydrogens is 224 g/mol. The van der Waals surface area contributed by atoms with Gasteiger partial charge in [0, 0.05) is 24.3 Å². The van der Waals surface area contributed by atoms with Crippen LogP contribution in [0.4, 0.5) is 5.82 Å². The van der Waals surface area contributed by atoms with E-state index in [-0.39, 0.29) is 5.78 Å². The standard InChI is InChI=1S/C15H20N2O/c1-11(18)13-7-8-15(16-10-13)17-9-3-5-12-4-2-6-14(12)17/h7-8,10,12,14H,2-6,9H2,1H3. The fourth-order valence-electron chi connectivity index (χ4n) is 3.50. The molecule has 3 nitrogen and oxygen atoms in total. The van der Waals surface area contributed by atoms with Gasteiger partial charge in [-0.15, -0.1) is 0 Å². The number of Topliss-reactive ketones (excluding diaryl/α,β-unsaturated/α-hetero) is 1. The number of rotatable bonds is 2. The number of nitrogens with zero attached hydrogens (tertiary/aromatic N) is 2. The Balaban J connectivity index is 1.82. The number of pyridine rings is 1. The Morgan fingerprint density at radius 1 is 1.28 bits per heavy atom. The number of carbonyl (C=O) groups excluding carboxylic acids is 1. The molecule has 1 saturated carbocycles. The van der Waals surface area contributed by atoms with Crippen molar-refractivity contribution < 1.29 is 4.79 Å². The molecule has 3 rings (SSSR count). The van der Waals surface area contributed by atoms with Crippen molar-refractivity contribution in [3.05, 3.63) is 23.9 Å². The van der Waals surface area contributed by atoms with E-state index >= 15 is 0 Å². The van der Waals surface area contributed by atoms with Crippen LogP contribution in [0.3, 0.4) is 0 Å². The average Bonchev–Trinajstić information content (AvgIpc) is 2.87. The molecule has 96 valence electrons. The van der Waals surface area contributed by atoms with Crippen LogP contribution in [0.1, 0.15) is 49.4 Å². The van der Waals surface area contributed by atoms with Crippen LogP contribution in [0, 0.1) is 5.92 Å². The van der Waals surface area contributed by atoms with E-state index in [1.165, 1.54) is 32.1 Å². The van der Waals surface area contributed by atoms with Crippen LogP contribution in [0.5, 0.6) is 0 Å². The van der Waals surface area contributed by atoms with Crippen LogP contribution in [-0.2, 0) is 0 Å². The van der Waals surface area contributed by atoms with Crippen LogP contribution in [0.25, 0.3) is 0 Å². The smallest absolute Gasteiger partial charge is 0.161 e. The zero-order valence-corrected chi connectivity index (χ0v) is 10.9. The van der Waals surface area contributed by atoms with Gasteiger partial charge in [0.1, 0.15) is 5.82 Å². The van der Waals surface area contributed by atoms with Crippen LogP contribution in [-0.4, -0.2) is 23.4 Å². The first-order valence-corrected chi connectivity index (χ1v) is 6.99. The van der Waals surface area contributed by atoms with E-state index < -0.39 is 0 Å². The summed E-state index contributed by atoms with van der Waals surface area (Å²) in [6, 6.07) is 4.61. The van der Waals surface area contributed by atoms with Crippen LogP contribution in [0.15, 0.2) is 18.3 Å². The minimum atomic E-state index is 0.0893. The molecule has 1 saturated heterocycles. The summed E-state index contributed by atoms with van der Waals surface area (Å²) >= 11 is 0. The summed E-state index contributed by atoms with van der Waals surface area (Å²) in [5.74, 6) is 2.01. The molecule has 2 unspecified atom stereocenters. The van der Waals surface area contributed by atoms with E-state index in [0.717, 1.165) is 18.3 Å². The maximum Gasteiger partial charge on any atom is 0.161 e. The summed E-state index contributed by atoms with van der Waals surface area (Å²) in [7, 11) is 0. The van der Waals surface area contributed by atoms with Gasteiger partial charge in [0.05, 0.1) is 0 Å². The molecule has 2 heterocycles. The third kappa shape index (κ3) is 2.02. The lowest BCUT2D eigenvalue weighted by atomic mass is 9.92. The van der Waals surface area contributed by atoms with Gasteiger partial charge in [-0.25, -0.2) is 4.98 Å². The van der Waals surface area contributed by atoms with Crippen molar-refractivity contribution in [1.29, 1.82) is 0 Å². The fraction of sp³-hybridized carbons (Fsp3) is 0.600. The number of piperidine rings is 1. The van der Waals surface area contributed by atoms with Gasteiger partial charge in [0.2, 0.25) is 0 Å². The number of hydrogen-bond acceptors (Lipinski definition) is 3. The van der Waals surface area contributed by atoms with Gasteiger partial charge < -0.3 is 4.90 Å². The minimum Gasteiger partial charge on any atom is -0.353 e. The largest absolute Gasteiger partial charge is 0.353 e. The average molecular weight is 244 g/mol. The fourth-order valence-corrected chi connectivity index (χ4v) is 3.50.